The molecule has 144 valence electrons. The number of aryl methyl sites for hydroxylation is 1. The molecule has 0 saturated heterocycles. The molecule has 1 aliphatic rings. The van der Waals surface area contributed by atoms with Crippen LogP contribution in [0.3, 0.4) is 0 Å². The summed E-state index contributed by atoms with van der Waals surface area (Å²) in [6, 6.07) is 25.4. The van der Waals surface area contributed by atoms with Crippen LogP contribution in [-0.4, -0.2) is 16.8 Å². The molecule has 1 aliphatic heterocycles. The number of nitrogens with zero attached hydrogens (tertiary/aromatic N) is 2. The molecule has 4 aromatic rings. The highest BCUT2D eigenvalue weighted by Crippen LogP contribution is 2.37. The van der Waals surface area contributed by atoms with Crippen LogP contribution in [0.5, 0.6) is 0 Å². The summed E-state index contributed by atoms with van der Waals surface area (Å²) in [6.45, 7) is 6.57. The minimum absolute atomic E-state index is 0.0444. The van der Waals surface area contributed by atoms with Gasteiger partial charge >= 0.3 is 0 Å². The van der Waals surface area contributed by atoms with Gasteiger partial charge < -0.3 is 4.84 Å². The zero-order valence-electron chi connectivity index (χ0n) is 17.0. The average Bonchev–Trinajstić information content (AvgIpc) is 3.01. The van der Waals surface area contributed by atoms with E-state index >= 15 is 0 Å². The molecule has 1 aromatic heterocycles. The number of hydrogen-bond donors (Lipinski definition) is 0. The third kappa shape index (κ3) is 3.07. The van der Waals surface area contributed by atoms with Gasteiger partial charge in [0.25, 0.3) is 0 Å². The van der Waals surface area contributed by atoms with Gasteiger partial charge in [0.15, 0.2) is 0 Å². The second-order valence-electron chi connectivity index (χ2n) is 8.47. The Labute approximate surface area is 171 Å². The molecule has 0 saturated carbocycles. The van der Waals surface area contributed by atoms with Crippen molar-refractivity contribution < 1.29 is 4.84 Å². The van der Waals surface area contributed by atoms with Crippen molar-refractivity contribution in [2.24, 2.45) is 10.6 Å². The van der Waals surface area contributed by atoms with Crippen molar-refractivity contribution in [2.45, 2.75) is 33.3 Å². The molecule has 0 spiro atoms. The molecule has 0 fully saturated rings. The van der Waals surface area contributed by atoms with E-state index in [2.05, 4.69) is 92.7 Å². The van der Waals surface area contributed by atoms with Gasteiger partial charge in [-0.2, -0.15) is 0 Å². The maximum atomic E-state index is 5.95. The molecule has 0 radical (unpaired) electrons. The average molecular weight is 380 g/mol. The summed E-state index contributed by atoms with van der Waals surface area (Å²) in [4.78, 5) is 10.8. The van der Waals surface area contributed by atoms with E-state index in [1.165, 1.54) is 21.7 Å². The first kappa shape index (κ1) is 17.9. The summed E-state index contributed by atoms with van der Waals surface area (Å²) in [5, 5.41) is 8.18. The van der Waals surface area contributed by atoms with Gasteiger partial charge in [-0.05, 0) is 41.5 Å². The molecule has 2 heterocycles. The molecule has 1 atom stereocenters. The highest BCUT2D eigenvalue weighted by Gasteiger charge is 2.42. The maximum absolute atomic E-state index is 5.95. The van der Waals surface area contributed by atoms with E-state index in [0.717, 1.165) is 28.9 Å². The van der Waals surface area contributed by atoms with E-state index in [1.807, 2.05) is 6.07 Å². The van der Waals surface area contributed by atoms with Crippen molar-refractivity contribution in [3.63, 3.8) is 0 Å². The van der Waals surface area contributed by atoms with Crippen LogP contribution < -0.4 is 0 Å². The van der Waals surface area contributed by atoms with Crippen LogP contribution in [0, 0.1) is 12.3 Å². The first-order valence-corrected chi connectivity index (χ1v) is 10.1. The van der Waals surface area contributed by atoms with Crippen molar-refractivity contribution in [1.29, 1.82) is 0 Å². The fourth-order valence-corrected chi connectivity index (χ4v) is 4.29. The summed E-state index contributed by atoms with van der Waals surface area (Å²) in [5.41, 5.74) is 5.26. The highest BCUT2D eigenvalue weighted by atomic mass is 16.6. The van der Waals surface area contributed by atoms with Gasteiger partial charge in [-0.1, -0.05) is 73.6 Å². The van der Waals surface area contributed by atoms with Crippen LogP contribution in [0.25, 0.3) is 21.7 Å². The summed E-state index contributed by atoms with van der Waals surface area (Å²) in [6.07, 6.45) is 0.691. The summed E-state index contributed by atoms with van der Waals surface area (Å²) in [7, 11) is 0. The zero-order chi connectivity index (χ0) is 20.0. The SMILES string of the molecule is Cc1cc(CC2ON=C(c3ccc4ccccc4c3)C2(C)C)nc2ccccc12. The third-order valence-electron chi connectivity index (χ3n) is 6.08. The maximum Gasteiger partial charge on any atom is 0.143 e. The largest absolute Gasteiger partial charge is 0.391 e. The Morgan fingerprint density at radius 3 is 2.52 bits per heavy atom. The lowest BCUT2D eigenvalue weighted by Gasteiger charge is -2.26. The Morgan fingerprint density at radius 1 is 0.897 bits per heavy atom. The molecular weight excluding hydrogens is 356 g/mol. The van der Waals surface area contributed by atoms with Crippen molar-refractivity contribution in [3.05, 3.63) is 89.6 Å². The second kappa shape index (κ2) is 6.70. The van der Waals surface area contributed by atoms with Gasteiger partial charge in [0.05, 0.1) is 16.6 Å². The van der Waals surface area contributed by atoms with E-state index in [0.29, 0.717) is 0 Å². The smallest absolute Gasteiger partial charge is 0.143 e. The molecule has 3 nitrogen and oxygen atoms in total. The van der Waals surface area contributed by atoms with E-state index < -0.39 is 0 Å². The molecule has 5 rings (SSSR count). The molecular formula is C26H24N2O. The van der Waals surface area contributed by atoms with Gasteiger partial charge in [-0.25, -0.2) is 0 Å². The summed E-state index contributed by atoms with van der Waals surface area (Å²) >= 11 is 0. The molecule has 0 amide bonds. The van der Waals surface area contributed by atoms with Crippen LogP contribution >= 0.6 is 0 Å². The van der Waals surface area contributed by atoms with Crippen molar-refractivity contribution >= 4 is 27.4 Å². The Balaban J connectivity index is 1.45. The predicted molar refractivity (Wildman–Crippen MR) is 119 cm³/mol. The number of fused-ring (bicyclic) bond motifs is 2. The molecule has 0 bridgehead atoms. The monoisotopic (exact) mass is 380 g/mol. The normalized spacial score (nSPS) is 18.0. The number of rotatable bonds is 3. The van der Waals surface area contributed by atoms with E-state index in [4.69, 9.17) is 9.82 Å². The Morgan fingerprint density at radius 2 is 1.66 bits per heavy atom. The molecule has 0 N–H and O–H groups in total. The number of oxime groups is 1. The van der Waals surface area contributed by atoms with Gasteiger partial charge in [0, 0.05) is 23.1 Å². The first-order valence-electron chi connectivity index (χ1n) is 10.1. The third-order valence-corrected chi connectivity index (χ3v) is 6.08. The lowest BCUT2D eigenvalue weighted by Crippen LogP contribution is -2.35. The van der Waals surface area contributed by atoms with Crippen LogP contribution in [0.2, 0.25) is 0 Å². The molecule has 3 aromatic carbocycles. The van der Waals surface area contributed by atoms with Crippen LogP contribution in [0.1, 0.15) is 30.7 Å². The standard InChI is InChI=1S/C26H24N2O/c1-17-14-21(27-23-11-7-6-10-22(17)23)16-24-26(2,3)25(28-29-24)20-13-12-18-8-4-5-9-19(18)15-20/h4-15,24H,16H2,1-3H3. The van der Waals surface area contributed by atoms with Gasteiger partial charge in [0.2, 0.25) is 0 Å². The lowest BCUT2D eigenvalue weighted by atomic mass is 9.77. The van der Waals surface area contributed by atoms with Gasteiger partial charge in [-0.15, -0.1) is 0 Å². The molecule has 3 heteroatoms. The fraction of sp³-hybridized carbons (Fsp3) is 0.231. The fourth-order valence-electron chi connectivity index (χ4n) is 4.29. The van der Waals surface area contributed by atoms with E-state index in [9.17, 15) is 0 Å². The Hall–Kier alpha value is -3.20. The number of aromatic nitrogens is 1. The summed E-state index contributed by atoms with van der Waals surface area (Å²) < 4.78 is 0. The Kier molecular flexibility index (Phi) is 4.13. The van der Waals surface area contributed by atoms with Crippen molar-refractivity contribution in [2.75, 3.05) is 0 Å². The van der Waals surface area contributed by atoms with Gasteiger partial charge in [0.1, 0.15) is 6.10 Å². The first-order chi connectivity index (χ1) is 14.0. The number of hydrogen-bond acceptors (Lipinski definition) is 3. The second-order valence-corrected chi connectivity index (χ2v) is 8.47. The zero-order valence-corrected chi connectivity index (χ0v) is 17.0. The highest BCUT2D eigenvalue weighted by molar-refractivity contribution is 6.07. The van der Waals surface area contributed by atoms with Crippen LogP contribution in [-0.2, 0) is 11.3 Å². The quantitative estimate of drug-likeness (QED) is 0.432. The van der Waals surface area contributed by atoms with Crippen LogP contribution in [0.4, 0.5) is 0 Å². The van der Waals surface area contributed by atoms with E-state index in [1.54, 1.807) is 0 Å². The van der Waals surface area contributed by atoms with Gasteiger partial charge in [-0.3, -0.25) is 4.98 Å². The molecule has 0 aliphatic carbocycles. The molecule has 1 unspecified atom stereocenters. The minimum atomic E-state index is -0.205. The minimum Gasteiger partial charge on any atom is -0.391 e. The van der Waals surface area contributed by atoms with E-state index in [-0.39, 0.29) is 11.5 Å². The lowest BCUT2D eigenvalue weighted by molar-refractivity contribution is 0.0365. The Bertz CT molecular complexity index is 1260. The van der Waals surface area contributed by atoms with Crippen molar-refractivity contribution in [1.82, 2.24) is 4.98 Å². The number of benzene rings is 3. The number of pyridine rings is 1. The van der Waals surface area contributed by atoms with Crippen LogP contribution in [0.15, 0.2) is 78.0 Å². The number of para-hydroxylation sites is 1. The predicted octanol–water partition coefficient (Wildman–Crippen LogP) is 6.07. The topological polar surface area (TPSA) is 34.5 Å². The molecule has 29 heavy (non-hydrogen) atoms. The van der Waals surface area contributed by atoms with Crippen molar-refractivity contribution in [3.8, 4) is 0 Å². The summed E-state index contributed by atoms with van der Waals surface area (Å²) in [5.74, 6) is 0.